The van der Waals surface area contributed by atoms with Gasteiger partial charge in [-0.15, -0.1) is 0 Å². The molecule has 0 rings (SSSR count). The van der Waals surface area contributed by atoms with Crippen molar-refractivity contribution in [2.45, 2.75) is 97.9 Å². The fourth-order valence-corrected chi connectivity index (χ4v) is 2.63. The van der Waals surface area contributed by atoms with Gasteiger partial charge in [-0.3, -0.25) is 0 Å². The van der Waals surface area contributed by atoms with E-state index in [9.17, 15) is 0 Å². The third kappa shape index (κ3) is 9.94. The fourth-order valence-electron chi connectivity index (χ4n) is 2.63. The Labute approximate surface area is 116 Å². The van der Waals surface area contributed by atoms with Crippen molar-refractivity contribution in [3.8, 4) is 0 Å². The van der Waals surface area contributed by atoms with Crippen molar-refractivity contribution in [1.29, 1.82) is 0 Å². The molecule has 0 aliphatic heterocycles. The van der Waals surface area contributed by atoms with Crippen LogP contribution in [0.2, 0.25) is 0 Å². The van der Waals surface area contributed by atoms with Gasteiger partial charge in [0.15, 0.2) is 0 Å². The van der Waals surface area contributed by atoms with Crippen LogP contribution in [0.1, 0.15) is 91.9 Å². The summed E-state index contributed by atoms with van der Waals surface area (Å²) in [6, 6.07) is 0.750. The minimum Gasteiger partial charge on any atom is -0.314 e. The van der Waals surface area contributed by atoms with Gasteiger partial charge < -0.3 is 5.32 Å². The van der Waals surface area contributed by atoms with Crippen LogP contribution >= 0.6 is 0 Å². The quantitative estimate of drug-likeness (QED) is 0.426. The summed E-state index contributed by atoms with van der Waals surface area (Å²) in [5, 5.41) is 3.65. The van der Waals surface area contributed by atoms with Crippen molar-refractivity contribution in [2.75, 3.05) is 6.54 Å². The first-order valence-electron chi connectivity index (χ1n) is 8.49. The van der Waals surface area contributed by atoms with Gasteiger partial charge in [0.05, 0.1) is 0 Å². The van der Waals surface area contributed by atoms with Crippen LogP contribution in [0.15, 0.2) is 0 Å². The molecule has 1 nitrogen and oxygen atoms in total. The zero-order chi connectivity index (χ0) is 13.6. The van der Waals surface area contributed by atoms with E-state index in [1.807, 2.05) is 0 Å². The van der Waals surface area contributed by atoms with Gasteiger partial charge in [-0.2, -0.15) is 0 Å². The molecule has 0 aliphatic rings. The van der Waals surface area contributed by atoms with Gasteiger partial charge in [0.25, 0.3) is 0 Å². The summed E-state index contributed by atoms with van der Waals surface area (Å²) in [5.41, 5.74) is 0. The number of hydrogen-bond donors (Lipinski definition) is 1. The van der Waals surface area contributed by atoms with E-state index >= 15 is 0 Å². The van der Waals surface area contributed by atoms with Crippen molar-refractivity contribution in [3.05, 3.63) is 0 Å². The first kappa shape index (κ1) is 18.0. The second-order valence-electron chi connectivity index (χ2n) is 5.81. The van der Waals surface area contributed by atoms with Crippen LogP contribution < -0.4 is 5.32 Å². The third-order valence-electron chi connectivity index (χ3n) is 4.17. The Morgan fingerprint density at radius 1 is 0.778 bits per heavy atom. The Bertz CT molecular complexity index is 156. The number of hydrogen-bond acceptors (Lipinski definition) is 1. The van der Waals surface area contributed by atoms with Crippen molar-refractivity contribution in [2.24, 2.45) is 5.92 Å². The van der Waals surface area contributed by atoms with Crippen molar-refractivity contribution in [3.63, 3.8) is 0 Å². The Morgan fingerprint density at radius 3 is 1.83 bits per heavy atom. The maximum Gasteiger partial charge on any atom is 0.00924 e. The maximum atomic E-state index is 3.65. The van der Waals surface area contributed by atoms with Crippen LogP contribution in [0.3, 0.4) is 0 Å². The van der Waals surface area contributed by atoms with E-state index in [0.29, 0.717) is 0 Å². The van der Waals surface area contributed by atoms with Gasteiger partial charge in [-0.1, -0.05) is 85.5 Å². The Balaban J connectivity index is 3.43. The van der Waals surface area contributed by atoms with Gasteiger partial charge in [-0.05, 0) is 18.9 Å². The average molecular weight is 255 g/mol. The molecule has 0 heterocycles. The van der Waals surface area contributed by atoms with E-state index in [-0.39, 0.29) is 0 Å². The molecular formula is C17H37N. The van der Waals surface area contributed by atoms with E-state index in [0.717, 1.165) is 18.5 Å². The SMILES string of the molecule is CCCCCCCCCCC(NCC)C(C)CC. The third-order valence-corrected chi connectivity index (χ3v) is 4.17. The lowest BCUT2D eigenvalue weighted by molar-refractivity contribution is 0.342. The standard InChI is InChI=1S/C17H37N/c1-5-8-9-10-11-12-13-14-15-17(18-7-3)16(4)6-2/h16-18H,5-15H2,1-4H3. The van der Waals surface area contributed by atoms with E-state index < -0.39 is 0 Å². The molecule has 2 atom stereocenters. The predicted octanol–water partition coefficient (Wildman–Crippen LogP) is 5.54. The molecule has 0 fully saturated rings. The number of nitrogens with one attached hydrogen (secondary N) is 1. The van der Waals surface area contributed by atoms with Crippen molar-refractivity contribution >= 4 is 0 Å². The number of unbranched alkanes of at least 4 members (excludes halogenated alkanes) is 7. The molecule has 1 N–H and O–H groups in total. The molecule has 0 aromatic rings. The summed E-state index contributed by atoms with van der Waals surface area (Å²) in [6.45, 7) is 10.3. The molecule has 18 heavy (non-hydrogen) atoms. The topological polar surface area (TPSA) is 12.0 Å². The molecular weight excluding hydrogens is 218 g/mol. The molecule has 2 unspecified atom stereocenters. The molecule has 0 saturated heterocycles. The molecule has 110 valence electrons. The lowest BCUT2D eigenvalue weighted by Crippen LogP contribution is -2.34. The Hall–Kier alpha value is -0.0400. The maximum absolute atomic E-state index is 3.65. The average Bonchev–Trinajstić information content (AvgIpc) is 2.39. The zero-order valence-electron chi connectivity index (χ0n) is 13.4. The van der Waals surface area contributed by atoms with Crippen LogP contribution in [-0.2, 0) is 0 Å². The first-order chi connectivity index (χ1) is 8.76. The molecule has 0 aromatic carbocycles. The fraction of sp³-hybridized carbons (Fsp3) is 1.00. The van der Waals surface area contributed by atoms with Gasteiger partial charge >= 0.3 is 0 Å². The molecule has 0 spiro atoms. The van der Waals surface area contributed by atoms with Gasteiger partial charge in [0.2, 0.25) is 0 Å². The van der Waals surface area contributed by atoms with Crippen LogP contribution in [-0.4, -0.2) is 12.6 Å². The summed E-state index contributed by atoms with van der Waals surface area (Å²) in [6.07, 6.45) is 14.1. The molecule has 0 aromatic heterocycles. The molecule has 0 bridgehead atoms. The minimum atomic E-state index is 0.750. The Morgan fingerprint density at radius 2 is 1.33 bits per heavy atom. The first-order valence-corrected chi connectivity index (χ1v) is 8.49. The summed E-state index contributed by atoms with van der Waals surface area (Å²) >= 11 is 0. The van der Waals surface area contributed by atoms with Crippen LogP contribution in [0.4, 0.5) is 0 Å². The lowest BCUT2D eigenvalue weighted by atomic mass is 9.93. The summed E-state index contributed by atoms with van der Waals surface area (Å²) in [5.74, 6) is 0.828. The monoisotopic (exact) mass is 255 g/mol. The normalized spacial score (nSPS) is 14.7. The van der Waals surface area contributed by atoms with E-state index in [1.165, 1.54) is 64.2 Å². The highest BCUT2D eigenvalue weighted by atomic mass is 14.9. The second-order valence-corrected chi connectivity index (χ2v) is 5.81. The lowest BCUT2D eigenvalue weighted by Gasteiger charge is -2.23. The number of rotatable bonds is 13. The van der Waals surface area contributed by atoms with Gasteiger partial charge in [-0.25, -0.2) is 0 Å². The van der Waals surface area contributed by atoms with Crippen LogP contribution in [0.5, 0.6) is 0 Å². The molecule has 0 radical (unpaired) electrons. The summed E-state index contributed by atoms with van der Waals surface area (Å²) < 4.78 is 0. The van der Waals surface area contributed by atoms with Crippen LogP contribution in [0, 0.1) is 5.92 Å². The largest absolute Gasteiger partial charge is 0.314 e. The van der Waals surface area contributed by atoms with E-state index in [2.05, 4.69) is 33.0 Å². The smallest absolute Gasteiger partial charge is 0.00924 e. The highest BCUT2D eigenvalue weighted by molar-refractivity contribution is 4.71. The molecule has 0 aliphatic carbocycles. The van der Waals surface area contributed by atoms with E-state index in [4.69, 9.17) is 0 Å². The predicted molar refractivity (Wildman–Crippen MR) is 84.1 cm³/mol. The zero-order valence-corrected chi connectivity index (χ0v) is 13.4. The van der Waals surface area contributed by atoms with Gasteiger partial charge in [0.1, 0.15) is 0 Å². The van der Waals surface area contributed by atoms with Crippen molar-refractivity contribution in [1.82, 2.24) is 5.32 Å². The summed E-state index contributed by atoms with van der Waals surface area (Å²) in [4.78, 5) is 0. The second kappa shape index (κ2) is 13.4. The van der Waals surface area contributed by atoms with Crippen molar-refractivity contribution < 1.29 is 0 Å². The molecule has 1 heteroatoms. The minimum absolute atomic E-state index is 0.750. The Kier molecular flexibility index (Phi) is 13.4. The highest BCUT2D eigenvalue weighted by Crippen LogP contribution is 2.16. The van der Waals surface area contributed by atoms with E-state index in [1.54, 1.807) is 0 Å². The van der Waals surface area contributed by atoms with Crippen LogP contribution in [0.25, 0.3) is 0 Å². The molecule has 0 amide bonds. The highest BCUT2D eigenvalue weighted by Gasteiger charge is 2.13. The molecule has 0 saturated carbocycles. The summed E-state index contributed by atoms with van der Waals surface area (Å²) in [7, 11) is 0. The van der Waals surface area contributed by atoms with Gasteiger partial charge in [0, 0.05) is 6.04 Å².